The number of thioether (sulfide) groups is 1. The molecule has 108 valence electrons. The van der Waals surface area contributed by atoms with Gasteiger partial charge in [0.05, 0.1) is 6.04 Å². The SMILES string of the molecule is CCC(N)C(c1sccc1C)N1CCSC(C)C1C. The minimum absolute atomic E-state index is 0.232. The van der Waals surface area contributed by atoms with Crippen LogP contribution in [0.15, 0.2) is 11.4 Å². The molecular weight excluding hydrogens is 272 g/mol. The molecular formula is C15H26N2S2. The third-order valence-corrected chi connectivity index (χ3v) is 6.76. The van der Waals surface area contributed by atoms with Crippen molar-refractivity contribution in [2.24, 2.45) is 5.73 Å². The van der Waals surface area contributed by atoms with Gasteiger partial charge in [0.2, 0.25) is 0 Å². The molecule has 0 saturated carbocycles. The first-order chi connectivity index (χ1) is 9.06. The molecule has 0 spiro atoms. The van der Waals surface area contributed by atoms with Gasteiger partial charge in [-0.3, -0.25) is 4.90 Å². The lowest BCUT2D eigenvalue weighted by Gasteiger charge is -2.44. The Kier molecular flexibility index (Phi) is 5.35. The predicted octanol–water partition coefficient (Wildman–Crippen LogP) is 3.66. The first-order valence-corrected chi connectivity index (χ1v) is 9.16. The maximum absolute atomic E-state index is 6.47. The van der Waals surface area contributed by atoms with E-state index in [-0.39, 0.29) is 6.04 Å². The van der Waals surface area contributed by atoms with Crippen molar-refractivity contribution in [3.63, 3.8) is 0 Å². The van der Waals surface area contributed by atoms with Crippen LogP contribution >= 0.6 is 23.1 Å². The van der Waals surface area contributed by atoms with Crippen LogP contribution in [0.3, 0.4) is 0 Å². The van der Waals surface area contributed by atoms with Crippen LogP contribution in [0.2, 0.25) is 0 Å². The van der Waals surface area contributed by atoms with E-state index in [1.54, 1.807) is 0 Å². The van der Waals surface area contributed by atoms with E-state index in [0.717, 1.165) is 13.0 Å². The molecule has 1 aromatic rings. The van der Waals surface area contributed by atoms with Gasteiger partial charge in [-0.25, -0.2) is 0 Å². The van der Waals surface area contributed by atoms with E-state index in [1.165, 1.54) is 16.2 Å². The lowest BCUT2D eigenvalue weighted by atomic mass is 9.98. The van der Waals surface area contributed by atoms with Crippen molar-refractivity contribution in [2.45, 2.75) is 57.5 Å². The fourth-order valence-electron chi connectivity index (χ4n) is 2.85. The zero-order valence-corrected chi connectivity index (χ0v) is 14.1. The van der Waals surface area contributed by atoms with Crippen molar-refractivity contribution in [1.82, 2.24) is 4.90 Å². The molecule has 4 heteroatoms. The highest BCUT2D eigenvalue weighted by Crippen LogP contribution is 2.37. The van der Waals surface area contributed by atoms with Gasteiger partial charge in [0, 0.05) is 34.5 Å². The van der Waals surface area contributed by atoms with Crippen LogP contribution < -0.4 is 5.73 Å². The van der Waals surface area contributed by atoms with Gasteiger partial charge in [0.25, 0.3) is 0 Å². The Hall–Kier alpha value is -0.0300. The van der Waals surface area contributed by atoms with E-state index in [0.29, 0.717) is 17.3 Å². The van der Waals surface area contributed by atoms with E-state index < -0.39 is 0 Å². The van der Waals surface area contributed by atoms with Crippen LogP contribution in [-0.4, -0.2) is 34.5 Å². The molecule has 0 aromatic carbocycles. The summed E-state index contributed by atoms with van der Waals surface area (Å²) in [5.41, 5.74) is 7.87. The number of hydrogen-bond acceptors (Lipinski definition) is 4. The average Bonchev–Trinajstić information content (AvgIpc) is 2.81. The lowest BCUT2D eigenvalue weighted by molar-refractivity contribution is 0.126. The summed E-state index contributed by atoms with van der Waals surface area (Å²) in [6.45, 7) is 10.3. The highest BCUT2D eigenvalue weighted by Gasteiger charge is 2.35. The Morgan fingerprint density at radius 1 is 1.47 bits per heavy atom. The van der Waals surface area contributed by atoms with Gasteiger partial charge in [0.15, 0.2) is 0 Å². The summed E-state index contributed by atoms with van der Waals surface area (Å²) in [5, 5.41) is 2.90. The topological polar surface area (TPSA) is 29.3 Å². The van der Waals surface area contributed by atoms with E-state index >= 15 is 0 Å². The normalized spacial score (nSPS) is 28.3. The first kappa shape index (κ1) is 15.4. The van der Waals surface area contributed by atoms with Crippen LogP contribution in [0.5, 0.6) is 0 Å². The second kappa shape index (κ2) is 6.61. The molecule has 0 radical (unpaired) electrons. The van der Waals surface area contributed by atoms with Gasteiger partial charge < -0.3 is 5.73 Å². The summed E-state index contributed by atoms with van der Waals surface area (Å²) in [5.74, 6) is 1.23. The Bertz CT molecular complexity index is 405. The minimum Gasteiger partial charge on any atom is -0.326 e. The highest BCUT2D eigenvalue weighted by atomic mass is 32.2. The molecule has 0 amide bonds. The van der Waals surface area contributed by atoms with E-state index in [9.17, 15) is 0 Å². The maximum atomic E-state index is 6.47. The van der Waals surface area contributed by atoms with Gasteiger partial charge in [-0.1, -0.05) is 13.8 Å². The van der Waals surface area contributed by atoms with Crippen LogP contribution in [0.1, 0.15) is 43.7 Å². The molecule has 1 aliphatic rings. The zero-order chi connectivity index (χ0) is 14.0. The van der Waals surface area contributed by atoms with Crippen LogP contribution in [0.25, 0.3) is 0 Å². The second-order valence-electron chi connectivity index (χ2n) is 5.54. The maximum Gasteiger partial charge on any atom is 0.0598 e. The number of thiophene rings is 1. The zero-order valence-electron chi connectivity index (χ0n) is 12.4. The van der Waals surface area contributed by atoms with Gasteiger partial charge >= 0.3 is 0 Å². The standard InChI is InChI=1S/C15H26N2S2/c1-5-13(16)14(15-10(2)6-8-19-15)17-7-9-18-12(4)11(17)3/h6,8,11-14H,5,7,9,16H2,1-4H3. The average molecular weight is 299 g/mol. The second-order valence-corrected chi connectivity index (χ2v) is 7.97. The first-order valence-electron chi connectivity index (χ1n) is 7.23. The van der Waals surface area contributed by atoms with Crippen molar-refractivity contribution in [1.29, 1.82) is 0 Å². The molecule has 1 aliphatic heterocycles. The van der Waals surface area contributed by atoms with Crippen molar-refractivity contribution in [2.75, 3.05) is 12.3 Å². The summed E-state index contributed by atoms with van der Waals surface area (Å²) in [6.07, 6.45) is 1.03. The molecule has 2 rings (SSSR count). The number of nitrogens with two attached hydrogens (primary N) is 1. The highest BCUT2D eigenvalue weighted by molar-refractivity contribution is 8.00. The molecule has 2 N–H and O–H groups in total. The molecule has 1 saturated heterocycles. The van der Waals surface area contributed by atoms with Crippen LogP contribution in [0, 0.1) is 6.92 Å². The largest absolute Gasteiger partial charge is 0.326 e. The quantitative estimate of drug-likeness (QED) is 0.920. The Morgan fingerprint density at radius 2 is 2.21 bits per heavy atom. The Balaban J connectivity index is 2.30. The van der Waals surface area contributed by atoms with Gasteiger partial charge in [-0.05, 0) is 37.3 Å². The fourth-order valence-corrected chi connectivity index (χ4v) is 5.10. The summed E-state index contributed by atoms with van der Waals surface area (Å²) in [7, 11) is 0. The number of rotatable bonds is 4. The van der Waals surface area contributed by atoms with E-state index in [1.807, 2.05) is 11.3 Å². The molecule has 1 fully saturated rings. The molecule has 4 atom stereocenters. The van der Waals surface area contributed by atoms with Gasteiger partial charge in [-0.15, -0.1) is 11.3 Å². The molecule has 19 heavy (non-hydrogen) atoms. The van der Waals surface area contributed by atoms with Gasteiger partial charge in [0.1, 0.15) is 0 Å². The summed E-state index contributed by atoms with van der Waals surface area (Å²) >= 11 is 3.96. The number of nitrogens with zero attached hydrogens (tertiary/aromatic N) is 1. The third-order valence-electron chi connectivity index (χ3n) is 4.34. The molecule has 4 unspecified atom stereocenters. The lowest BCUT2D eigenvalue weighted by Crippen LogP contribution is -2.51. The summed E-state index contributed by atoms with van der Waals surface area (Å²) in [6, 6.07) is 3.45. The summed E-state index contributed by atoms with van der Waals surface area (Å²) < 4.78 is 0. The molecule has 1 aromatic heterocycles. The molecule has 0 bridgehead atoms. The smallest absolute Gasteiger partial charge is 0.0598 e. The Morgan fingerprint density at radius 3 is 2.79 bits per heavy atom. The minimum atomic E-state index is 0.232. The van der Waals surface area contributed by atoms with Crippen molar-refractivity contribution in [3.05, 3.63) is 21.9 Å². The van der Waals surface area contributed by atoms with Crippen LogP contribution in [-0.2, 0) is 0 Å². The number of aryl methyl sites for hydroxylation is 1. The summed E-state index contributed by atoms with van der Waals surface area (Å²) in [4.78, 5) is 4.12. The molecule has 2 heterocycles. The van der Waals surface area contributed by atoms with Crippen molar-refractivity contribution in [3.8, 4) is 0 Å². The monoisotopic (exact) mass is 298 g/mol. The van der Waals surface area contributed by atoms with Crippen molar-refractivity contribution >= 4 is 23.1 Å². The van der Waals surface area contributed by atoms with Crippen molar-refractivity contribution < 1.29 is 0 Å². The third kappa shape index (κ3) is 3.18. The Labute approximate surface area is 125 Å². The fraction of sp³-hybridized carbons (Fsp3) is 0.733. The van der Waals surface area contributed by atoms with E-state index in [2.05, 4.69) is 55.8 Å². The van der Waals surface area contributed by atoms with Gasteiger partial charge in [-0.2, -0.15) is 11.8 Å². The van der Waals surface area contributed by atoms with E-state index in [4.69, 9.17) is 5.73 Å². The molecule has 2 nitrogen and oxygen atoms in total. The van der Waals surface area contributed by atoms with Crippen LogP contribution in [0.4, 0.5) is 0 Å². The number of hydrogen-bond donors (Lipinski definition) is 1. The molecule has 0 aliphatic carbocycles. The predicted molar refractivity (Wildman–Crippen MR) is 88.2 cm³/mol.